The van der Waals surface area contributed by atoms with Gasteiger partial charge in [0, 0.05) is 5.69 Å². The molecule has 146 valence electrons. The summed E-state index contributed by atoms with van der Waals surface area (Å²) in [5.74, 6) is -1.68. The summed E-state index contributed by atoms with van der Waals surface area (Å²) >= 11 is 0. The molecule has 1 N–H and O–H groups in total. The number of hydrogen-bond donors (Lipinski definition) is 1. The van der Waals surface area contributed by atoms with Crippen LogP contribution in [0.2, 0.25) is 0 Å². The van der Waals surface area contributed by atoms with Crippen molar-refractivity contribution in [2.45, 2.75) is 19.2 Å². The Morgan fingerprint density at radius 1 is 1.18 bits per heavy atom. The molecule has 0 spiro atoms. The minimum absolute atomic E-state index is 0.151. The number of nitrogens with zero attached hydrogens (tertiary/aromatic N) is 1. The van der Waals surface area contributed by atoms with Crippen LogP contribution in [0.1, 0.15) is 18.1 Å². The number of hydrogen-bond acceptors (Lipinski definition) is 5. The Balaban J connectivity index is 1.85. The maximum absolute atomic E-state index is 12.6. The molecule has 0 saturated heterocycles. The fourth-order valence-corrected chi connectivity index (χ4v) is 2.06. The van der Waals surface area contributed by atoms with Gasteiger partial charge in [-0.05, 0) is 49.4 Å². The first-order chi connectivity index (χ1) is 13.2. The number of alkyl halides is 3. The number of carbonyl (C=O) groups excluding carboxylic acids is 2. The van der Waals surface area contributed by atoms with E-state index in [0.717, 1.165) is 18.2 Å². The van der Waals surface area contributed by atoms with Gasteiger partial charge in [-0.25, -0.2) is 4.79 Å². The summed E-state index contributed by atoms with van der Waals surface area (Å²) in [7, 11) is 0. The quantitative estimate of drug-likeness (QED) is 0.760. The zero-order chi connectivity index (χ0) is 20.7. The zero-order valence-electron chi connectivity index (χ0n) is 14.6. The van der Waals surface area contributed by atoms with Crippen LogP contribution < -0.4 is 10.1 Å². The second-order valence-electron chi connectivity index (χ2n) is 5.62. The third kappa shape index (κ3) is 6.02. The van der Waals surface area contributed by atoms with E-state index in [1.807, 2.05) is 6.07 Å². The van der Waals surface area contributed by atoms with Gasteiger partial charge in [0.1, 0.15) is 5.75 Å². The van der Waals surface area contributed by atoms with E-state index in [4.69, 9.17) is 14.7 Å². The van der Waals surface area contributed by atoms with Crippen molar-refractivity contribution in [2.24, 2.45) is 0 Å². The first-order valence-corrected chi connectivity index (χ1v) is 7.99. The summed E-state index contributed by atoms with van der Waals surface area (Å²) in [5, 5.41) is 11.2. The predicted molar refractivity (Wildman–Crippen MR) is 92.3 cm³/mol. The normalized spacial score (nSPS) is 11.8. The number of nitrogens with one attached hydrogen (secondary N) is 1. The Kier molecular flexibility index (Phi) is 6.60. The van der Waals surface area contributed by atoms with E-state index in [1.54, 1.807) is 0 Å². The van der Waals surface area contributed by atoms with Gasteiger partial charge in [0.2, 0.25) is 0 Å². The Morgan fingerprint density at radius 3 is 2.46 bits per heavy atom. The van der Waals surface area contributed by atoms with Crippen LogP contribution in [-0.4, -0.2) is 24.6 Å². The molecular weight excluding hydrogens is 377 g/mol. The molecule has 0 radical (unpaired) electrons. The van der Waals surface area contributed by atoms with E-state index in [2.05, 4.69) is 5.32 Å². The molecule has 0 saturated carbocycles. The molecule has 28 heavy (non-hydrogen) atoms. The molecule has 0 aliphatic rings. The number of amides is 1. The lowest BCUT2D eigenvalue weighted by Gasteiger charge is -2.14. The maximum Gasteiger partial charge on any atom is 0.416 e. The maximum atomic E-state index is 12.6. The molecule has 6 nitrogen and oxygen atoms in total. The Labute approximate surface area is 158 Å². The van der Waals surface area contributed by atoms with Crippen molar-refractivity contribution >= 4 is 17.6 Å². The van der Waals surface area contributed by atoms with Crippen molar-refractivity contribution in [1.29, 1.82) is 5.26 Å². The van der Waals surface area contributed by atoms with Crippen LogP contribution >= 0.6 is 0 Å². The van der Waals surface area contributed by atoms with Crippen LogP contribution in [0.3, 0.4) is 0 Å². The first-order valence-electron chi connectivity index (χ1n) is 7.99. The molecule has 0 heterocycles. The number of carbonyl (C=O) groups is 2. The van der Waals surface area contributed by atoms with Crippen LogP contribution in [-0.2, 0) is 20.5 Å². The van der Waals surface area contributed by atoms with Crippen LogP contribution in [0.25, 0.3) is 0 Å². The molecule has 0 aliphatic heterocycles. The van der Waals surface area contributed by atoms with Crippen molar-refractivity contribution in [3.05, 3.63) is 59.7 Å². The van der Waals surface area contributed by atoms with Crippen LogP contribution in [0.5, 0.6) is 5.75 Å². The molecule has 0 fully saturated rings. The fraction of sp³-hybridized carbons (Fsp3) is 0.211. The second kappa shape index (κ2) is 8.90. The smallest absolute Gasteiger partial charge is 0.416 e. The third-order valence-electron chi connectivity index (χ3n) is 3.48. The Hall–Kier alpha value is -3.54. The van der Waals surface area contributed by atoms with E-state index in [0.29, 0.717) is 11.3 Å². The van der Waals surface area contributed by atoms with Gasteiger partial charge in [-0.3, -0.25) is 4.79 Å². The summed E-state index contributed by atoms with van der Waals surface area (Å²) in [6.45, 7) is 0.678. The number of halogens is 3. The summed E-state index contributed by atoms with van der Waals surface area (Å²) in [5.41, 5.74) is -0.0788. The largest absolute Gasteiger partial charge is 0.482 e. The highest BCUT2D eigenvalue weighted by molar-refractivity contribution is 5.95. The highest BCUT2D eigenvalue weighted by Gasteiger charge is 2.30. The van der Waals surface area contributed by atoms with Crippen molar-refractivity contribution in [3.63, 3.8) is 0 Å². The SMILES string of the molecule is C[C@@H](OC(=O)COc1cccc(C(F)(F)F)c1)C(=O)Nc1ccc(C#N)cc1. The molecule has 0 aliphatic carbocycles. The fourth-order valence-electron chi connectivity index (χ4n) is 2.06. The molecule has 0 bridgehead atoms. The molecular formula is C19H15F3N2O4. The Morgan fingerprint density at radius 2 is 1.86 bits per heavy atom. The minimum Gasteiger partial charge on any atom is -0.482 e. The highest BCUT2D eigenvalue weighted by atomic mass is 19.4. The lowest BCUT2D eigenvalue weighted by atomic mass is 10.2. The van der Waals surface area contributed by atoms with Crippen molar-refractivity contribution < 1.29 is 32.2 Å². The number of anilines is 1. The summed E-state index contributed by atoms with van der Waals surface area (Å²) in [6.07, 6.45) is -5.69. The highest BCUT2D eigenvalue weighted by Crippen LogP contribution is 2.31. The predicted octanol–water partition coefficient (Wildman–Crippen LogP) is 3.53. The Bertz CT molecular complexity index is 889. The molecule has 0 aromatic heterocycles. The van der Waals surface area contributed by atoms with Crippen molar-refractivity contribution in [3.8, 4) is 11.8 Å². The van der Waals surface area contributed by atoms with Gasteiger partial charge in [0.25, 0.3) is 5.91 Å². The number of ether oxygens (including phenoxy) is 2. The van der Waals surface area contributed by atoms with Gasteiger partial charge in [0.05, 0.1) is 17.2 Å². The van der Waals surface area contributed by atoms with Gasteiger partial charge in [-0.15, -0.1) is 0 Å². The van der Waals surface area contributed by atoms with E-state index in [-0.39, 0.29) is 5.75 Å². The monoisotopic (exact) mass is 392 g/mol. The second-order valence-corrected chi connectivity index (χ2v) is 5.62. The van der Waals surface area contributed by atoms with Crippen molar-refractivity contribution in [1.82, 2.24) is 0 Å². The van der Waals surface area contributed by atoms with Gasteiger partial charge in [-0.2, -0.15) is 18.4 Å². The van der Waals surface area contributed by atoms with Crippen molar-refractivity contribution in [2.75, 3.05) is 11.9 Å². The third-order valence-corrected chi connectivity index (χ3v) is 3.48. The number of benzene rings is 2. The molecule has 0 unspecified atom stereocenters. The van der Waals surface area contributed by atoms with E-state index in [9.17, 15) is 22.8 Å². The lowest BCUT2D eigenvalue weighted by Crippen LogP contribution is -2.31. The zero-order valence-corrected chi connectivity index (χ0v) is 14.6. The molecule has 2 rings (SSSR count). The van der Waals surface area contributed by atoms with Crippen LogP contribution in [0.4, 0.5) is 18.9 Å². The van der Waals surface area contributed by atoms with Gasteiger partial charge in [-0.1, -0.05) is 6.07 Å². The van der Waals surface area contributed by atoms with Gasteiger partial charge < -0.3 is 14.8 Å². The molecule has 2 aromatic rings. The van der Waals surface area contributed by atoms with E-state index < -0.39 is 36.3 Å². The summed E-state index contributed by atoms with van der Waals surface area (Å²) in [6, 6.07) is 12.0. The first kappa shape index (κ1) is 20.8. The number of nitriles is 1. The summed E-state index contributed by atoms with van der Waals surface area (Å²) in [4.78, 5) is 23.8. The number of rotatable bonds is 6. The molecule has 1 amide bonds. The van der Waals surface area contributed by atoms with E-state index in [1.165, 1.54) is 37.3 Å². The van der Waals surface area contributed by atoms with Gasteiger partial charge in [0.15, 0.2) is 12.7 Å². The minimum atomic E-state index is -4.53. The molecule has 9 heteroatoms. The average Bonchev–Trinajstić information content (AvgIpc) is 2.66. The standard InChI is InChI=1S/C19H15F3N2O4/c1-12(18(26)24-15-7-5-13(10-23)6-8-15)28-17(25)11-27-16-4-2-3-14(9-16)19(20,21)22/h2-9,12H,11H2,1H3,(H,24,26)/t12-/m1/s1. The van der Waals surface area contributed by atoms with Crippen LogP contribution in [0, 0.1) is 11.3 Å². The molecule has 1 atom stereocenters. The molecule has 2 aromatic carbocycles. The average molecular weight is 392 g/mol. The van der Waals surface area contributed by atoms with Gasteiger partial charge >= 0.3 is 12.1 Å². The van der Waals surface area contributed by atoms with E-state index >= 15 is 0 Å². The summed E-state index contributed by atoms with van der Waals surface area (Å²) < 4.78 is 47.8. The lowest BCUT2D eigenvalue weighted by molar-refractivity contribution is -0.155. The number of esters is 1. The van der Waals surface area contributed by atoms with Crippen LogP contribution in [0.15, 0.2) is 48.5 Å². The topological polar surface area (TPSA) is 88.4 Å².